The van der Waals surface area contributed by atoms with Crippen LogP contribution in [0, 0.1) is 26.2 Å². The van der Waals surface area contributed by atoms with Gasteiger partial charge in [0.05, 0.1) is 12.0 Å². The fourth-order valence-electron chi connectivity index (χ4n) is 1.47. The molecule has 0 aliphatic rings. The molecular weight excluding hydrogens is 296 g/mol. The largest absolute Gasteiger partial charge is 0.481 e. The topological polar surface area (TPSA) is 35.5 Å². The second-order valence-electron chi connectivity index (χ2n) is 3.28. The first kappa shape index (κ1) is 25.6. The molecule has 3 nitrogen and oxygen atoms in total. The van der Waals surface area contributed by atoms with Crippen molar-refractivity contribution in [1.82, 2.24) is 0 Å². The maximum atomic E-state index is 11.6. The van der Waals surface area contributed by atoms with Crippen LogP contribution >= 0.6 is 0 Å². The minimum absolute atomic E-state index is 0.228. The van der Waals surface area contributed by atoms with Crippen LogP contribution in [0.2, 0.25) is 0 Å². The van der Waals surface area contributed by atoms with Crippen molar-refractivity contribution in [3.8, 4) is 18.1 Å². The van der Waals surface area contributed by atoms with Crippen molar-refractivity contribution in [3.63, 3.8) is 0 Å². The molecule has 4 heteroatoms. The molecule has 0 fully saturated rings. The van der Waals surface area contributed by atoms with Crippen molar-refractivity contribution in [2.45, 2.75) is 60.3 Å². The van der Waals surface area contributed by atoms with Gasteiger partial charge >= 0.3 is 0 Å². The summed E-state index contributed by atoms with van der Waals surface area (Å²) in [5, 5.41) is 0. The van der Waals surface area contributed by atoms with E-state index in [0.29, 0.717) is 10.6 Å². The average Bonchev–Trinajstić information content (AvgIpc) is 2.57. The van der Waals surface area contributed by atoms with Gasteiger partial charge in [0.25, 0.3) is 0 Å². The Labute approximate surface area is 140 Å². The summed E-state index contributed by atoms with van der Waals surface area (Å²) in [4.78, 5) is 0.690. The average molecular weight is 329 g/mol. The van der Waals surface area contributed by atoms with Crippen LogP contribution in [0.1, 0.15) is 52.7 Å². The van der Waals surface area contributed by atoms with E-state index >= 15 is 0 Å². The van der Waals surface area contributed by atoms with E-state index in [2.05, 4.69) is 5.92 Å². The fraction of sp³-hybridized carbons (Fsp3) is 0.556. The fourth-order valence-corrected chi connectivity index (χ4v) is 2.28. The summed E-state index contributed by atoms with van der Waals surface area (Å²) in [5.74, 6) is 3.08. The number of terminal acetylenes is 1. The molecule has 1 rings (SSSR count). The molecule has 0 aliphatic heterocycles. The molecule has 128 valence electrons. The number of hydrogen-bond acceptors (Lipinski definition) is 3. The SMILES string of the molecule is C#CCOc1cc(C)c(S(=O)OC)c(C)c1.CC.CC.CC. The Morgan fingerprint density at radius 1 is 1.05 bits per heavy atom. The molecule has 0 radical (unpaired) electrons. The predicted molar refractivity (Wildman–Crippen MR) is 97.7 cm³/mol. The lowest BCUT2D eigenvalue weighted by Crippen LogP contribution is -2.01. The van der Waals surface area contributed by atoms with Crippen LogP contribution in [0.5, 0.6) is 5.75 Å². The molecule has 1 unspecified atom stereocenters. The van der Waals surface area contributed by atoms with Gasteiger partial charge in [-0.1, -0.05) is 47.5 Å². The van der Waals surface area contributed by atoms with Gasteiger partial charge in [-0.25, -0.2) is 4.21 Å². The Kier molecular flexibility index (Phi) is 20.7. The van der Waals surface area contributed by atoms with E-state index in [1.807, 2.05) is 55.4 Å². The molecule has 22 heavy (non-hydrogen) atoms. The lowest BCUT2D eigenvalue weighted by molar-refractivity contribution is 0.369. The molecule has 1 atom stereocenters. The van der Waals surface area contributed by atoms with Crippen molar-refractivity contribution in [2.75, 3.05) is 13.7 Å². The molecule has 1 aromatic rings. The Morgan fingerprint density at radius 2 is 1.45 bits per heavy atom. The van der Waals surface area contributed by atoms with Gasteiger partial charge in [-0.2, -0.15) is 0 Å². The number of aryl methyl sites for hydroxylation is 2. The van der Waals surface area contributed by atoms with Crippen LogP contribution in [-0.2, 0) is 15.3 Å². The Balaban J connectivity index is -0.000000535. The lowest BCUT2D eigenvalue weighted by atomic mass is 10.1. The first-order valence-corrected chi connectivity index (χ1v) is 8.81. The van der Waals surface area contributed by atoms with E-state index in [-0.39, 0.29) is 6.61 Å². The van der Waals surface area contributed by atoms with Gasteiger partial charge in [0.15, 0.2) is 11.1 Å². The van der Waals surface area contributed by atoms with Gasteiger partial charge in [0.1, 0.15) is 12.4 Å². The van der Waals surface area contributed by atoms with Crippen molar-refractivity contribution in [3.05, 3.63) is 23.3 Å². The lowest BCUT2D eigenvalue weighted by Gasteiger charge is -2.10. The van der Waals surface area contributed by atoms with Crippen molar-refractivity contribution in [1.29, 1.82) is 0 Å². The van der Waals surface area contributed by atoms with Crippen molar-refractivity contribution < 1.29 is 13.1 Å². The standard InChI is InChI=1S/C12H14O3S.3C2H6/c1-5-6-15-11-7-9(2)12(10(3)8-11)16(13)14-4;3*1-2/h1,7-8H,6H2,2-4H3;3*1-2H3. The molecule has 0 N–H and O–H groups in total. The van der Waals surface area contributed by atoms with Crippen molar-refractivity contribution >= 4 is 11.1 Å². The molecule has 1 aromatic carbocycles. The summed E-state index contributed by atoms with van der Waals surface area (Å²) >= 11 is -1.42. The normalized spacial score (nSPS) is 9.45. The maximum Gasteiger partial charge on any atom is 0.189 e. The number of hydrogen-bond donors (Lipinski definition) is 0. The van der Waals surface area contributed by atoms with Crippen LogP contribution in [0.3, 0.4) is 0 Å². The first-order valence-electron chi connectivity index (χ1n) is 7.74. The summed E-state index contributed by atoms with van der Waals surface area (Å²) in [6, 6.07) is 3.60. The Bertz CT molecular complexity index is 425. The molecule has 0 saturated carbocycles. The molecule has 0 amide bonds. The molecule has 0 bridgehead atoms. The third-order valence-electron chi connectivity index (χ3n) is 2.07. The molecule has 0 spiro atoms. The molecule has 0 aromatic heterocycles. The van der Waals surface area contributed by atoms with E-state index in [1.165, 1.54) is 7.11 Å². The summed E-state index contributed by atoms with van der Waals surface area (Å²) in [6.07, 6.45) is 5.11. The highest BCUT2D eigenvalue weighted by Gasteiger charge is 2.12. The second-order valence-corrected chi connectivity index (χ2v) is 4.49. The third kappa shape index (κ3) is 9.59. The highest BCUT2D eigenvalue weighted by molar-refractivity contribution is 7.80. The quantitative estimate of drug-likeness (QED) is 0.724. The van der Waals surface area contributed by atoms with Crippen LogP contribution in [-0.4, -0.2) is 17.9 Å². The zero-order chi connectivity index (χ0) is 18.1. The van der Waals surface area contributed by atoms with E-state index in [4.69, 9.17) is 15.3 Å². The number of benzene rings is 1. The van der Waals surface area contributed by atoms with Gasteiger partial charge < -0.3 is 4.74 Å². The number of rotatable bonds is 4. The van der Waals surface area contributed by atoms with Gasteiger partial charge in [0.2, 0.25) is 0 Å². The maximum absolute atomic E-state index is 11.6. The molecular formula is C18H32O3S. The highest BCUT2D eigenvalue weighted by atomic mass is 32.2. The van der Waals surface area contributed by atoms with Gasteiger partial charge in [-0.15, -0.1) is 6.42 Å². The first-order chi connectivity index (χ1) is 10.6. The summed E-state index contributed by atoms with van der Waals surface area (Å²) in [6.45, 7) is 16.0. The monoisotopic (exact) mass is 328 g/mol. The zero-order valence-corrected chi connectivity index (χ0v) is 16.4. The zero-order valence-electron chi connectivity index (χ0n) is 15.6. The summed E-state index contributed by atoms with van der Waals surface area (Å²) in [7, 11) is 1.41. The van der Waals surface area contributed by atoms with E-state index in [9.17, 15) is 4.21 Å². The smallest absolute Gasteiger partial charge is 0.189 e. The van der Waals surface area contributed by atoms with Gasteiger partial charge in [-0.05, 0) is 37.1 Å². The number of ether oxygens (including phenoxy) is 1. The van der Waals surface area contributed by atoms with Crippen LogP contribution in [0.25, 0.3) is 0 Å². The molecule has 0 saturated heterocycles. The Morgan fingerprint density at radius 3 is 1.77 bits per heavy atom. The highest BCUT2D eigenvalue weighted by Crippen LogP contribution is 2.24. The summed E-state index contributed by atoms with van der Waals surface area (Å²) < 4.78 is 21.7. The second kappa shape index (κ2) is 17.7. The minimum atomic E-state index is -1.42. The van der Waals surface area contributed by atoms with Gasteiger partial charge in [-0.3, -0.25) is 4.18 Å². The minimum Gasteiger partial charge on any atom is -0.481 e. The van der Waals surface area contributed by atoms with Crippen LogP contribution in [0.4, 0.5) is 0 Å². The van der Waals surface area contributed by atoms with Crippen LogP contribution < -0.4 is 4.74 Å². The molecule has 0 aliphatic carbocycles. The predicted octanol–water partition coefficient (Wildman–Crippen LogP) is 5.06. The molecule has 0 heterocycles. The third-order valence-corrected chi connectivity index (χ3v) is 3.35. The van der Waals surface area contributed by atoms with Crippen molar-refractivity contribution in [2.24, 2.45) is 0 Å². The van der Waals surface area contributed by atoms with Gasteiger partial charge in [0, 0.05) is 0 Å². The van der Waals surface area contributed by atoms with Crippen LogP contribution in [0.15, 0.2) is 17.0 Å². The Hall–Kier alpha value is -1.31. The van der Waals surface area contributed by atoms with E-state index < -0.39 is 11.1 Å². The van der Waals surface area contributed by atoms with E-state index in [0.717, 1.165) is 11.1 Å². The van der Waals surface area contributed by atoms with E-state index in [1.54, 1.807) is 12.1 Å². The summed E-state index contributed by atoms with van der Waals surface area (Å²) in [5.41, 5.74) is 1.74.